The zero-order chi connectivity index (χ0) is 18.1. The summed E-state index contributed by atoms with van der Waals surface area (Å²) >= 11 is 0. The molecule has 0 amide bonds. The second kappa shape index (κ2) is 6.48. The van der Waals surface area contributed by atoms with E-state index in [9.17, 15) is 8.78 Å². The Kier molecular flexibility index (Phi) is 4.01. The molecule has 0 bridgehead atoms. The molecule has 2 heterocycles. The third-order valence-electron chi connectivity index (χ3n) is 4.01. The summed E-state index contributed by atoms with van der Waals surface area (Å²) in [6.07, 6.45) is 1.84. The maximum Gasteiger partial charge on any atom is 0.187 e. The predicted molar refractivity (Wildman–Crippen MR) is 95.9 cm³/mol. The maximum atomic E-state index is 13.4. The predicted octanol–water partition coefficient (Wildman–Crippen LogP) is 6.00. The van der Waals surface area contributed by atoms with Crippen LogP contribution in [-0.4, -0.2) is 9.38 Å². The number of halogens is 2. The molecule has 128 valence electrons. The fourth-order valence-electron chi connectivity index (χ4n) is 2.73. The van der Waals surface area contributed by atoms with Crippen LogP contribution >= 0.6 is 0 Å². The number of hydrogen-bond donors (Lipinski definition) is 0. The van der Waals surface area contributed by atoms with Gasteiger partial charge in [0.15, 0.2) is 5.82 Å². The third-order valence-corrected chi connectivity index (χ3v) is 4.01. The molecule has 0 atom stereocenters. The van der Waals surface area contributed by atoms with Gasteiger partial charge in [0.2, 0.25) is 0 Å². The van der Waals surface area contributed by atoms with Gasteiger partial charge < -0.3 is 0 Å². The van der Waals surface area contributed by atoms with Crippen LogP contribution in [0.15, 0.2) is 77.1 Å². The Hall–Kier alpha value is -3.41. The summed E-state index contributed by atoms with van der Waals surface area (Å²) < 4.78 is 28.5. The Balaban J connectivity index is 1.90. The fourth-order valence-corrected chi connectivity index (χ4v) is 2.73. The lowest BCUT2D eigenvalue weighted by Gasteiger charge is -2.00. The van der Waals surface area contributed by atoms with Gasteiger partial charge in [-0.25, -0.2) is 13.8 Å². The molecule has 0 N–H and O–H groups in total. The molecule has 0 fully saturated rings. The lowest BCUT2D eigenvalue weighted by molar-refractivity contribution is 0.627. The summed E-state index contributed by atoms with van der Waals surface area (Å²) in [5.74, 6) is -0.203. The summed E-state index contributed by atoms with van der Waals surface area (Å²) in [4.78, 5) is 4.65. The van der Waals surface area contributed by atoms with E-state index in [4.69, 9.17) is 0 Å². The minimum Gasteiger partial charge on any atom is -0.282 e. The van der Waals surface area contributed by atoms with E-state index in [1.165, 1.54) is 24.3 Å². The van der Waals surface area contributed by atoms with Gasteiger partial charge in [0, 0.05) is 17.8 Å². The third kappa shape index (κ3) is 2.97. The van der Waals surface area contributed by atoms with Gasteiger partial charge in [-0.05, 0) is 55.0 Å². The first kappa shape index (κ1) is 16.1. The number of aromatic nitrogens is 2. The number of fused-ring (bicyclic) bond motifs is 1. The minimum atomic E-state index is -0.380. The Labute approximate surface area is 148 Å². The monoisotopic (exact) mass is 348 g/mol. The molecule has 4 nitrogen and oxygen atoms in total. The van der Waals surface area contributed by atoms with Crippen LogP contribution in [0.4, 0.5) is 20.3 Å². The number of azo groups is 1. The van der Waals surface area contributed by atoms with Crippen molar-refractivity contribution in [1.82, 2.24) is 9.38 Å². The summed E-state index contributed by atoms with van der Waals surface area (Å²) in [6, 6.07) is 15.8. The van der Waals surface area contributed by atoms with Crippen LogP contribution in [0.1, 0.15) is 5.56 Å². The molecule has 4 aromatic rings. The van der Waals surface area contributed by atoms with Gasteiger partial charge >= 0.3 is 0 Å². The molecule has 2 aromatic heterocycles. The molecule has 0 aliphatic heterocycles. The quantitative estimate of drug-likeness (QED) is 0.418. The topological polar surface area (TPSA) is 42.0 Å². The minimum absolute atomic E-state index is 0.323. The standard InChI is InChI=1S/C20H14F2N4/c1-13-4-3-11-26-19(13)23-18(14-7-9-15(21)10-8-14)20(26)25-24-17-6-2-5-16(22)12-17/h2-12H,1H3. The summed E-state index contributed by atoms with van der Waals surface area (Å²) in [6.45, 7) is 1.95. The number of hydrogen-bond acceptors (Lipinski definition) is 3. The van der Waals surface area contributed by atoms with Crippen LogP contribution < -0.4 is 0 Å². The summed E-state index contributed by atoms with van der Waals surface area (Å²) in [5, 5.41) is 8.45. The van der Waals surface area contributed by atoms with Crippen LogP contribution in [0.2, 0.25) is 0 Å². The van der Waals surface area contributed by atoms with E-state index in [1.807, 2.05) is 29.7 Å². The van der Waals surface area contributed by atoms with Crippen molar-refractivity contribution < 1.29 is 8.78 Å². The SMILES string of the molecule is Cc1cccn2c(N=Nc3cccc(F)c3)c(-c3ccc(F)cc3)nc12. The van der Waals surface area contributed by atoms with Crippen molar-refractivity contribution in [2.24, 2.45) is 10.2 Å². The van der Waals surface area contributed by atoms with Crippen molar-refractivity contribution in [2.45, 2.75) is 6.92 Å². The van der Waals surface area contributed by atoms with Crippen molar-refractivity contribution in [3.8, 4) is 11.3 Å². The highest BCUT2D eigenvalue weighted by Gasteiger charge is 2.15. The molecular weight excluding hydrogens is 334 g/mol. The zero-order valence-electron chi connectivity index (χ0n) is 13.9. The highest BCUT2D eigenvalue weighted by Crippen LogP contribution is 2.33. The number of nitrogens with zero attached hydrogens (tertiary/aromatic N) is 4. The normalized spacial score (nSPS) is 11.5. The first-order valence-corrected chi connectivity index (χ1v) is 8.03. The number of imidazole rings is 1. The van der Waals surface area contributed by atoms with Crippen LogP contribution in [0, 0.1) is 18.6 Å². The first-order valence-electron chi connectivity index (χ1n) is 8.03. The van der Waals surface area contributed by atoms with Crippen LogP contribution in [0.5, 0.6) is 0 Å². The Morgan fingerprint density at radius 2 is 1.69 bits per heavy atom. The first-order chi connectivity index (χ1) is 12.6. The Bertz CT molecular complexity index is 1110. The van der Waals surface area contributed by atoms with Crippen molar-refractivity contribution in [1.29, 1.82) is 0 Å². The van der Waals surface area contributed by atoms with E-state index in [0.29, 0.717) is 17.2 Å². The van der Waals surface area contributed by atoms with Gasteiger partial charge in [0.1, 0.15) is 23.0 Å². The zero-order valence-corrected chi connectivity index (χ0v) is 13.9. The average Bonchev–Trinajstić information content (AvgIpc) is 3.01. The van der Waals surface area contributed by atoms with Gasteiger partial charge in [0.25, 0.3) is 0 Å². The number of rotatable bonds is 3. The summed E-state index contributed by atoms with van der Waals surface area (Å²) in [5.41, 5.74) is 3.42. The molecule has 0 unspecified atom stereocenters. The fraction of sp³-hybridized carbons (Fsp3) is 0.0500. The second-order valence-electron chi connectivity index (χ2n) is 5.86. The van der Waals surface area contributed by atoms with Gasteiger partial charge in [-0.3, -0.25) is 4.40 Å². The van der Waals surface area contributed by atoms with E-state index >= 15 is 0 Å². The van der Waals surface area contributed by atoms with Crippen molar-refractivity contribution in [3.05, 3.63) is 84.1 Å². The molecule has 0 aliphatic carbocycles. The van der Waals surface area contributed by atoms with E-state index in [2.05, 4.69) is 15.2 Å². The van der Waals surface area contributed by atoms with Crippen molar-refractivity contribution in [3.63, 3.8) is 0 Å². The van der Waals surface area contributed by atoms with Crippen LogP contribution in [0.25, 0.3) is 16.9 Å². The van der Waals surface area contributed by atoms with Gasteiger partial charge in [0.05, 0.1) is 5.69 Å². The molecular formula is C20H14F2N4. The van der Waals surface area contributed by atoms with Crippen molar-refractivity contribution >= 4 is 17.2 Å². The highest BCUT2D eigenvalue weighted by molar-refractivity contribution is 5.75. The number of aryl methyl sites for hydroxylation is 1. The lowest BCUT2D eigenvalue weighted by atomic mass is 10.1. The molecule has 0 saturated carbocycles. The Morgan fingerprint density at radius 3 is 2.46 bits per heavy atom. The lowest BCUT2D eigenvalue weighted by Crippen LogP contribution is -1.85. The molecule has 26 heavy (non-hydrogen) atoms. The summed E-state index contributed by atoms with van der Waals surface area (Å²) in [7, 11) is 0. The number of pyridine rings is 1. The van der Waals surface area contributed by atoms with E-state index in [0.717, 1.165) is 16.8 Å². The van der Waals surface area contributed by atoms with Gasteiger partial charge in [-0.1, -0.05) is 12.1 Å². The molecule has 2 aromatic carbocycles. The molecule has 6 heteroatoms. The molecule has 0 saturated heterocycles. The smallest absolute Gasteiger partial charge is 0.187 e. The highest BCUT2D eigenvalue weighted by atomic mass is 19.1. The van der Waals surface area contributed by atoms with Gasteiger partial charge in [-0.2, -0.15) is 0 Å². The molecule has 0 spiro atoms. The largest absolute Gasteiger partial charge is 0.282 e. The molecule has 0 radical (unpaired) electrons. The second-order valence-corrected chi connectivity index (χ2v) is 5.86. The van der Waals surface area contributed by atoms with E-state index < -0.39 is 0 Å². The maximum absolute atomic E-state index is 13.4. The van der Waals surface area contributed by atoms with Crippen molar-refractivity contribution in [2.75, 3.05) is 0 Å². The molecule has 4 rings (SSSR count). The van der Waals surface area contributed by atoms with Crippen LogP contribution in [0.3, 0.4) is 0 Å². The van der Waals surface area contributed by atoms with E-state index in [1.54, 1.807) is 24.3 Å². The average molecular weight is 348 g/mol. The van der Waals surface area contributed by atoms with E-state index in [-0.39, 0.29) is 11.6 Å². The van der Waals surface area contributed by atoms with Gasteiger partial charge in [-0.15, -0.1) is 10.2 Å². The number of benzene rings is 2. The van der Waals surface area contributed by atoms with Crippen LogP contribution in [-0.2, 0) is 0 Å². The molecule has 0 aliphatic rings. The Morgan fingerprint density at radius 1 is 0.885 bits per heavy atom.